The minimum atomic E-state index is -0.559. The molecule has 0 amide bonds. The fraction of sp³-hybridized carbons (Fsp3) is 0.238. The fourth-order valence-corrected chi connectivity index (χ4v) is 2.10. The number of ether oxygens (including phenoxy) is 2. The molecule has 0 aliphatic rings. The third kappa shape index (κ3) is 4.71. The van der Waals surface area contributed by atoms with E-state index in [0.29, 0.717) is 17.1 Å². The third-order valence-corrected chi connectivity index (χ3v) is 3.53. The molecular formula is C21H21NO3. The van der Waals surface area contributed by atoms with Gasteiger partial charge in [0.2, 0.25) is 0 Å². The SMILES string of the molecule is COc1ccccc1/C(C#N)=C\c1ccc(OC(=O)C(C)(C)C)cc1. The van der Waals surface area contributed by atoms with Crippen molar-refractivity contribution in [1.82, 2.24) is 0 Å². The smallest absolute Gasteiger partial charge is 0.316 e. The number of hydrogen-bond donors (Lipinski definition) is 0. The van der Waals surface area contributed by atoms with Crippen LogP contribution in [0.2, 0.25) is 0 Å². The molecule has 2 aromatic carbocycles. The highest BCUT2D eigenvalue weighted by atomic mass is 16.5. The Balaban J connectivity index is 2.25. The Morgan fingerprint density at radius 3 is 2.28 bits per heavy atom. The number of para-hydroxylation sites is 1. The summed E-state index contributed by atoms with van der Waals surface area (Å²) in [5.74, 6) is 0.835. The largest absolute Gasteiger partial charge is 0.496 e. The molecule has 0 spiro atoms. The Hall–Kier alpha value is -3.06. The first kappa shape index (κ1) is 18.3. The van der Waals surface area contributed by atoms with Crippen LogP contribution in [0.15, 0.2) is 48.5 Å². The average Bonchev–Trinajstić information content (AvgIpc) is 2.60. The molecule has 2 aromatic rings. The lowest BCUT2D eigenvalue weighted by Crippen LogP contribution is -2.25. The zero-order valence-corrected chi connectivity index (χ0v) is 14.9. The fourth-order valence-electron chi connectivity index (χ4n) is 2.10. The van der Waals surface area contributed by atoms with Gasteiger partial charge in [-0.1, -0.05) is 24.3 Å². The van der Waals surface area contributed by atoms with Crippen LogP contribution in [0.25, 0.3) is 11.6 Å². The second-order valence-corrected chi connectivity index (χ2v) is 6.58. The van der Waals surface area contributed by atoms with E-state index in [0.717, 1.165) is 11.1 Å². The molecule has 0 aromatic heterocycles. The van der Waals surface area contributed by atoms with Crippen molar-refractivity contribution in [2.45, 2.75) is 20.8 Å². The highest BCUT2D eigenvalue weighted by molar-refractivity contribution is 5.91. The molecule has 0 N–H and O–H groups in total. The van der Waals surface area contributed by atoms with Crippen LogP contribution in [0.4, 0.5) is 0 Å². The first-order valence-corrected chi connectivity index (χ1v) is 7.92. The Morgan fingerprint density at radius 1 is 1.08 bits per heavy atom. The minimum Gasteiger partial charge on any atom is -0.496 e. The standard InChI is InChI=1S/C21H21NO3/c1-21(2,3)20(23)25-17-11-9-15(10-12-17)13-16(14-22)18-7-5-6-8-19(18)24-4/h5-13H,1-4H3/b16-13-. The van der Waals surface area contributed by atoms with Crippen LogP contribution in [0.3, 0.4) is 0 Å². The van der Waals surface area contributed by atoms with Crippen LogP contribution in [0.1, 0.15) is 31.9 Å². The summed E-state index contributed by atoms with van der Waals surface area (Å²) in [6, 6.07) is 16.6. The zero-order valence-electron chi connectivity index (χ0n) is 14.9. The Kier molecular flexibility index (Phi) is 5.61. The maximum atomic E-state index is 11.9. The van der Waals surface area contributed by atoms with Crippen molar-refractivity contribution < 1.29 is 14.3 Å². The summed E-state index contributed by atoms with van der Waals surface area (Å²) < 4.78 is 10.7. The second kappa shape index (κ2) is 7.67. The van der Waals surface area contributed by atoms with Gasteiger partial charge in [0.05, 0.1) is 24.2 Å². The number of methoxy groups -OCH3 is 1. The lowest BCUT2D eigenvalue weighted by atomic mass is 9.97. The summed E-state index contributed by atoms with van der Waals surface area (Å²) in [4.78, 5) is 11.9. The molecular weight excluding hydrogens is 314 g/mol. The number of carbonyl (C=O) groups excluding carboxylic acids is 1. The Bertz CT molecular complexity index is 821. The van der Waals surface area contributed by atoms with Crippen molar-refractivity contribution >= 4 is 17.6 Å². The van der Waals surface area contributed by atoms with Gasteiger partial charge in [-0.05, 0) is 56.7 Å². The molecule has 0 bridgehead atoms. The number of hydrogen-bond acceptors (Lipinski definition) is 4. The third-order valence-electron chi connectivity index (χ3n) is 3.53. The van der Waals surface area contributed by atoms with Gasteiger partial charge in [-0.2, -0.15) is 5.26 Å². The predicted molar refractivity (Wildman–Crippen MR) is 98.0 cm³/mol. The molecule has 0 atom stereocenters. The van der Waals surface area contributed by atoms with Gasteiger partial charge >= 0.3 is 5.97 Å². The topological polar surface area (TPSA) is 59.3 Å². The van der Waals surface area contributed by atoms with Crippen LogP contribution in [0.5, 0.6) is 11.5 Å². The van der Waals surface area contributed by atoms with Crippen molar-refractivity contribution in [2.75, 3.05) is 7.11 Å². The van der Waals surface area contributed by atoms with Crippen LogP contribution in [-0.4, -0.2) is 13.1 Å². The summed E-state index contributed by atoms with van der Waals surface area (Å²) in [7, 11) is 1.58. The summed E-state index contributed by atoms with van der Waals surface area (Å²) in [6.45, 7) is 5.41. The first-order valence-electron chi connectivity index (χ1n) is 7.92. The van der Waals surface area contributed by atoms with E-state index in [4.69, 9.17) is 9.47 Å². The number of esters is 1. The van der Waals surface area contributed by atoms with Gasteiger partial charge < -0.3 is 9.47 Å². The highest BCUT2D eigenvalue weighted by Crippen LogP contribution is 2.27. The summed E-state index contributed by atoms with van der Waals surface area (Å²) in [5, 5.41) is 9.48. The highest BCUT2D eigenvalue weighted by Gasteiger charge is 2.23. The van der Waals surface area contributed by atoms with E-state index >= 15 is 0 Å². The van der Waals surface area contributed by atoms with E-state index in [2.05, 4.69) is 6.07 Å². The lowest BCUT2D eigenvalue weighted by molar-refractivity contribution is -0.142. The Labute approximate surface area is 148 Å². The lowest BCUT2D eigenvalue weighted by Gasteiger charge is -2.16. The van der Waals surface area contributed by atoms with E-state index in [-0.39, 0.29) is 5.97 Å². The van der Waals surface area contributed by atoms with Crippen molar-refractivity contribution in [1.29, 1.82) is 5.26 Å². The number of nitrogens with zero attached hydrogens (tertiary/aromatic N) is 1. The van der Waals surface area contributed by atoms with Gasteiger partial charge in [0, 0.05) is 5.56 Å². The number of nitriles is 1. The molecule has 0 aliphatic heterocycles. The second-order valence-electron chi connectivity index (χ2n) is 6.58. The molecule has 4 nitrogen and oxygen atoms in total. The summed E-state index contributed by atoms with van der Waals surface area (Å²) in [5.41, 5.74) is 1.50. The van der Waals surface area contributed by atoms with Crippen LogP contribution in [0, 0.1) is 16.7 Å². The van der Waals surface area contributed by atoms with Crippen LogP contribution < -0.4 is 9.47 Å². The van der Waals surface area contributed by atoms with Gasteiger partial charge in [-0.3, -0.25) is 4.79 Å². The van der Waals surface area contributed by atoms with Crippen molar-refractivity contribution in [3.63, 3.8) is 0 Å². The molecule has 2 rings (SSSR count). The van der Waals surface area contributed by atoms with Crippen LogP contribution >= 0.6 is 0 Å². The molecule has 128 valence electrons. The average molecular weight is 335 g/mol. The number of carbonyl (C=O) groups is 1. The maximum Gasteiger partial charge on any atom is 0.316 e. The van der Waals surface area contributed by atoms with Crippen molar-refractivity contribution in [2.24, 2.45) is 5.41 Å². The summed E-state index contributed by atoms with van der Waals surface area (Å²) >= 11 is 0. The summed E-state index contributed by atoms with van der Waals surface area (Å²) in [6.07, 6.45) is 1.77. The molecule has 0 saturated carbocycles. The van der Waals surface area contributed by atoms with E-state index < -0.39 is 5.41 Å². The molecule has 4 heteroatoms. The van der Waals surface area contributed by atoms with Gasteiger partial charge in [0.1, 0.15) is 11.5 Å². The van der Waals surface area contributed by atoms with Gasteiger partial charge in [-0.25, -0.2) is 0 Å². The monoisotopic (exact) mass is 335 g/mol. The first-order chi connectivity index (χ1) is 11.8. The van der Waals surface area contributed by atoms with E-state index in [1.54, 1.807) is 58.2 Å². The molecule has 0 unspecified atom stereocenters. The quantitative estimate of drug-likeness (QED) is 0.351. The van der Waals surface area contributed by atoms with Crippen LogP contribution in [-0.2, 0) is 4.79 Å². The number of rotatable bonds is 4. The van der Waals surface area contributed by atoms with Crippen molar-refractivity contribution in [3.8, 4) is 17.6 Å². The van der Waals surface area contributed by atoms with Gasteiger partial charge in [0.25, 0.3) is 0 Å². The molecule has 0 aliphatic carbocycles. The Morgan fingerprint density at radius 2 is 1.72 bits per heavy atom. The number of allylic oxidation sites excluding steroid dienone is 1. The normalized spacial score (nSPS) is 11.6. The molecule has 0 heterocycles. The maximum absolute atomic E-state index is 11.9. The zero-order chi connectivity index (χ0) is 18.4. The molecule has 0 saturated heterocycles. The van der Waals surface area contributed by atoms with Gasteiger partial charge in [-0.15, -0.1) is 0 Å². The molecule has 0 radical (unpaired) electrons. The van der Waals surface area contributed by atoms with E-state index in [1.165, 1.54) is 0 Å². The van der Waals surface area contributed by atoms with Gasteiger partial charge in [0.15, 0.2) is 0 Å². The minimum absolute atomic E-state index is 0.289. The van der Waals surface area contributed by atoms with Crippen molar-refractivity contribution in [3.05, 3.63) is 59.7 Å². The van der Waals surface area contributed by atoms with E-state index in [9.17, 15) is 10.1 Å². The van der Waals surface area contributed by atoms with E-state index in [1.807, 2.05) is 24.3 Å². The number of benzene rings is 2. The molecule has 25 heavy (non-hydrogen) atoms. The molecule has 0 fully saturated rings. The predicted octanol–water partition coefficient (Wildman–Crippen LogP) is 4.71.